The Morgan fingerprint density at radius 1 is 2.00 bits per heavy atom. The molecule has 11 heavy (non-hydrogen) atoms. The monoisotopic (exact) mass is 158 g/mol. The molecule has 0 aliphatic heterocycles. The highest BCUT2D eigenvalue weighted by Gasteiger charge is 2.09. The van der Waals surface area contributed by atoms with Crippen LogP contribution >= 0.6 is 0 Å². The molecule has 0 bridgehead atoms. The SMILES string of the molecule is CON=[N+]([O-])CC(=O)C=[N+]=[N-]. The van der Waals surface area contributed by atoms with Gasteiger partial charge in [-0.25, -0.2) is 0 Å². The van der Waals surface area contributed by atoms with E-state index in [1.54, 1.807) is 0 Å². The van der Waals surface area contributed by atoms with Gasteiger partial charge >= 0.3 is 12.0 Å². The van der Waals surface area contributed by atoms with Crippen molar-refractivity contribution in [3.8, 4) is 0 Å². The van der Waals surface area contributed by atoms with Gasteiger partial charge in [0, 0.05) is 0 Å². The first-order valence-corrected chi connectivity index (χ1v) is 2.59. The fourth-order valence-corrected chi connectivity index (χ4v) is 0.358. The molecule has 7 nitrogen and oxygen atoms in total. The summed E-state index contributed by atoms with van der Waals surface area (Å²) >= 11 is 0. The summed E-state index contributed by atoms with van der Waals surface area (Å²) < 4.78 is 0. The van der Waals surface area contributed by atoms with Crippen molar-refractivity contribution in [2.24, 2.45) is 5.28 Å². The minimum absolute atomic E-state index is 0.0318. The van der Waals surface area contributed by atoms with Gasteiger partial charge in [-0.15, -0.1) is 0 Å². The Morgan fingerprint density at radius 2 is 2.64 bits per heavy atom. The number of rotatable bonds is 4. The van der Waals surface area contributed by atoms with Crippen molar-refractivity contribution < 1.29 is 19.3 Å². The quantitative estimate of drug-likeness (QED) is 0.179. The third-order valence-corrected chi connectivity index (χ3v) is 0.666. The Labute approximate surface area is 62.1 Å². The van der Waals surface area contributed by atoms with Crippen LogP contribution < -0.4 is 0 Å². The van der Waals surface area contributed by atoms with E-state index in [9.17, 15) is 10.0 Å². The van der Waals surface area contributed by atoms with Crippen LogP contribution in [0.2, 0.25) is 0 Å². The molecule has 0 aliphatic carbocycles. The standard InChI is InChI=1S/C4H6N4O3/c1-11-7-8(10)3-4(9)2-6-5/h2H,3H2,1H3. The third kappa shape index (κ3) is 4.73. The fourth-order valence-electron chi connectivity index (χ4n) is 0.358. The van der Waals surface area contributed by atoms with Gasteiger partial charge in [-0.05, 0) is 4.86 Å². The first-order valence-electron chi connectivity index (χ1n) is 2.59. The number of Topliss-reactive ketones (excluding diaryl/α,β-unsaturated/α-hetero) is 1. The highest BCUT2D eigenvalue weighted by molar-refractivity contribution is 6.25. The zero-order chi connectivity index (χ0) is 8.69. The second kappa shape index (κ2) is 5.07. The molecular formula is C4H6N4O3. The van der Waals surface area contributed by atoms with Crippen molar-refractivity contribution in [1.29, 1.82) is 0 Å². The van der Waals surface area contributed by atoms with Gasteiger partial charge in [-0.3, -0.25) is 4.79 Å². The molecule has 0 aromatic heterocycles. The van der Waals surface area contributed by atoms with Crippen molar-refractivity contribution in [1.82, 2.24) is 0 Å². The van der Waals surface area contributed by atoms with Gasteiger partial charge in [0.15, 0.2) is 5.28 Å². The van der Waals surface area contributed by atoms with Crippen LogP contribution in [0, 0.1) is 5.21 Å². The van der Waals surface area contributed by atoms with Crippen molar-refractivity contribution in [2.75, 3.05) is 13.7 Å². The van der Waals surface area contributed by atoms with Crippen molar-refractivity contribution in [3.05, 3.63) is 10.7 Å². The second-order valence-corrected chi connectivity index (χ2v) is 1.49. The summed E-state index contributed by atoms with van der Waals surface area (Å²) in [6.45, 7) is -0.530. The molecule has 0 fully saturated rings. The molecule has 0 spiro atoms. The summed E-state index contributed by atoms with van der Waals surface area (Å²) in [7, 11) is 1.18. The predicted molar refractivity (Wildman–Crippen MR) is 32.6 cm³/mol. The minimum Gasteiger partial charge on any atom is -0.597 e. The van der Waals surface area contributed by atoms with Gasteiger partial charge in [-0.2, -0.15) is 4.79 Å². The minimum atomic E-state index is -0.664. The molecule has 0 N–H and O–H groups in total. The second-order valence-electron chi connectivity index (χ2n) is 1.49. The number of carbonyl (C=O) groups excluding carboxylic acids is 1. The Balaban J connectivity index is 3.94. The van der Waals surface area contributed by atoms with Gasteiger partial charge in [0.2, 0.25) is 0 Å². The number of ketones is 1. The molecule has 0 unspecified atom stereocenters. The smallest absolute Gasteiger partial charge is 0.330 e. The maximum absolute atomic E-state index is 10.5. The lowest BCUT2D eigenvalue weighted by Gasteiger charge is -1.92. The van der Waals surface area contributed by atoms with Crippen LogP contribution in [0.1, 0.15) is 0 Å². The van der Waals surface area contributed by atoms with Gasteiger partial charge in [-0.1, -0.05) is 0 Å². The van der Waals surface area contributed by atoms with Gasteiger partial charge in [0.25, 0.3) is 6.54 Å². The molecule has 0 aromatic carbocycles. The maximum Gasteiger partial charge on any atom is 0.330 e. The Hall–Kier alpha value is -1.75. The third-order valence-electron chi connectivity index (χ3n) is 0.666. The molecule has 0 aliphatic rings. The van der Waals surface area contributed by atoms with E-state index in [0.717, 1.165) is 0 Å². The van der Waals surface area contributed by atoms with Crippen molar-refractivity contribution in [2.45, 2.75) is 0 Å². The van der Waals surface area contributed by atoms with Crippen LogP contribution in [0.15, 0.2) is 5.28 Å². The van der Waals surface area contributed by atoms with E-state index in [4.69, 9.17) is 5.53 Å². The van der Waals surface area contributed by atoms with E-state index in [1.165, 1.54) is 7.11 Å². The summed E-state index contributed by atoms with van der Waals surface area (Å²) in [5.74, 6) is -0.664. The summed E-state index contributed by atoms with van der Waals surface area (Å²) in [5.41, 5.74) is 7.85. The topological polar surface area (TPSA) is 101 Å². The summed E-state index contributed by atoms with van der Waals surface area (Å²) in [5, 5.41) is 13.2. The number of hydrogen-bond acceptors (Lipinski definition) is 4. The maximum atomic E-state index is 10.5. The molecule has 0 saturated heterocycles. The lowest BCUT2D eigenvalue weighted by atomic mass is 10.4. The van der Waals surface area contributed by atoms with E-state index in [0.29, 0.717) is 6.21 Å². The fraction of sp³-hybridized carbons (Fsp3) is 0.500. The van der Waals surface area contributed by atoms with Crippen LogP contribution in [-0.2, 0) is 9.63 Å². The van der Waals surface area contributed by atoms with Crippen LogP contribution in [0.25, 0.3) is 5.53 Å². The van der Waals surface area contributed by atoms with Crippen molar-refractivity contribution in [3.63, 3.8) is 0 Å². The van der Waals surface area contributed by atoms with E-state index in [-0.39, 0.29) is 4.86 Å². The molecule has 0 radical (unpaired) electrons. The summed E-state index contributed by atoms with van der Waals surface area (Å²) in [6.07, 6.45) is 0.607. The van der Waals surface area contributed by atoms with Crippen LogP contribution in [-0.4, -0.2) is 35.3 Å². The van der Waals surface area contributed by atoms with Gasteiger partial charge in [0.1, 0.15) is 7.11 Å². The van der Waals surface area contributed by atoms with Gasteiger partial charge in [0.05, 0.1) is 0 Å². The number of nitrogens with zero attached hydrogens (tertiary/aromatic N) is 4. The molecule has 0 amide bonds. The predicted octanol–water partition coefficient (Wildman–Crippen LogP) is -0.620. The molecule has 7 heteroatoms. The Bertz CT molecular complexity index is 217. The summed E-state index contributed by atoms with van der Waals surface area (Å²) in [4.78, 5) is 17.0. The molecule has 0 aromatic rings. The first-order chi connectivity index (χ1) is 5.20. The van der Waals surface area contributed by atoms with Gasteiger partial charge < -0.3 is 15.6 Å². The lowest BCUT2D eigenvalue weighted by molar-refractivity contribution is -0.545. The number of hydroxylamine groups is 1. The zero-order valence-electron chi connectivity index (χ0n) is 5.80. The average Bonchev–Trinajstić information content (AvgIpc) is 1.87. The summed E-state index contributed by atoms with van der Waals surface area (Å²) in [6, 6.07) is 0. The van der Waals surface area contributed by atoms with Crippen LogP contribution in [0.4, 0.5) is 0 Å². The normalized spacial score (nSPS) is 10.1. The van der Waals surface area contributed by atoms with Crippen LogP contribution in [0.3, 0.4) is 0 Å². The molecule has 0 atom stereocenters. The Kier molecular flexibility index (Phi) is 4.26. The van der Waals surface area contributed by atoms with Crippen molar-refractivity contribution >= 4 is 12.0 Å². The van der Waals surface area contributed by atoms with E-state index >= 15 is 0 Å². The van der Waals surface area contributed by atoms with E-state index < -0.39 is 12.3 Å². The number of carbonyl (C=O) groups is 1. The average molecular weight is 158 g/mol. The number of hydrogen-bond donors (Lipinski definition) is 0. The van der Waals surface area contributed by atoms with E-state index in [2.05, 4.69) is 14.9 Å². The molecule has 0 saturated carbocycles. The highest BCUT2D eigenvalue weighted by Crippen LogP contribution is 1.76. The molecule has 0 rings (SSSR count). The highest BCUT2D eigenvalue weighted by atomic mass is 16.7. The molecule has 0 heterocycles. The largest absolute Gasteiger partial charge is 0.597 e. The Morgan fingerprint density at radius 3 is 3.09 bits per heavy atom. The first kappa shape index (κ1) is 9.25. The molecule has 60 valence electrons. The molecular weight excluding hydrogens is 152 g/mol. The zero-order valence-corrected chi connectivity index (χ0v) is 5.80. The van der Waals surface area contributed by atoms with E-state index in [1.807, 2.05) is 0 Å². The van der Waals surface area contributed by atoms with Crippen LogP contribution in [0.5, 0.6) is 0 Å². The lowest BCUT2D eigenvalue weighted by Crippen LogP contribution is -2.15.